The number of aliphatic carboxylic acids is 4. The van der Waals surface area contributed by atoms with Crippen LogP contribution in [0.4, 0.5) is 0 Å². The van der Waals surface area contributed by atoms with E-state index in [0.29, 0.717) is 0 Å². The van der Waals surface area contributed by atoms with Gasteiger partial charge in [0.1, 0.15) is 12.6 Å². The van der Waals surface area contributed by atoms with Crippen LogP contribution in [0.3, 0.4) is 0 Å². The molecule has 0 aromatic heterocycles. The maximum absolute atomic E-state index is 11.5. The molecule has 0 rings (SSSR count). The van der Waals surface area contributed by atoms with Crippen LogP contribution in [0.15, 0.2) is 0 Å². The minimum absolute atomic E-state index is 0.133. The van der Waals surface area contributed by atoms with Gasteiger partial charge in [-0.25, -0.2) is 4.79 Å². The van der Waals surface area contributed by atoms with Crippen molar-refractivity contribution in [3.8, 4) is 0 Å². The average Bonchev–Trinajstić information content (AvgIpc) is 2.60. The molecule has 0 bridgehead atoms. The van der Waals surface area contributed by atoms with E-state index >= 15 is 0 Å². The van der Waals surface area contributed by atoms with E-state index in [1.54, 1.807) is 0 Å². The molecule has 0 aliphatic heterocycles. The van der Waals surface area contributed by atoms with Crippen molar-refractivity contribution in [1.82, 2.24) is 10.6 Å². The highest BCUT2D eigenvalue weighted by Crippen LogP contribution is 2.01. The van der Waals surface area contributed by atoms with Crippen molar-refractivity contribution in [1.29, 1.82) is 0 Å². The van der Waals surface area contributed by atoms with Crippen molar-refractivity contribution in [3.05, 3.63) is 0 Å². The lowest BCUT2D eigenvalue weighted by molar-refractivity contribution is -0.143. The molecule has 0 saturated carbocycles. The molecule has 3 atom stereocenters. The molecule has 0 unspecified atom stereocenters. The fourth-order valence-electron chi connectivity index (χ4n) is 1.54. The summed E-state index contributed by atoms with van der Waals surface area (Å²) in [6.07, 6.45) is -1.14. The van der Waals surface area contributed by atoms with Crippen LogP contribution in [0, 0.1) is 0 Å². The van der Waals surface area contributed by atoms with Crippen LogP contribution in [-0.2, 0) is 28.8 Å². The van der Waals surface area contributed by atoms with E-state index in [1.165, 1.54) is 6.92 Å². The number of amides is 2. The number of hydrogen-bond donors (Lipinski definition) is 8. The number of carboxylic acids is 4. The third kappa shape index (κ3) is 16.6. The number of nitrogens with one attached hydrogen (secondary N) is 2. The van der Waals surface area contributed by atoms with E-state index in [9.17, 15) is 28.8 Å². The molecule has 14 heteroatoms. The lowest BCUT2D eigenvalue weighted by Crippen LogP contribution is -2.48. The molecule has 0 aromatic carbocycles. The van der Waals surface area contributed by atoms with Crippen molar-refractivity contribution >= 4 is 35.7 Å². The summed E-state index contributed by atoms with van der Waals surface area (Å²) >= 11 is 0. The van der Waals surface area contributed by atoms with Gasteiger partial charge in [-0.05, 0) is 19.8 Å². The summed E-state index contributed by atoms with van der Waals surface area (Å²) in [7, 11) is 0. The van der Waals surface area contributed by atoms with Crippen LogP contribution in [-0.4, -0.2) is 80.8 Å². The number of nitrogens with two attached hydrogens (primary N) is 2. The molecule has 0 heterocycles. The summed E-state index contributed by atoms with van der Waals surface area (Å²) in [6, 6.07) is -3.17. The van der Waals surface area contributed by atoms with E-state index in [2.05, 4.69) is 10.6 Å². The first kappa shape index (κ1) is 28.0. The second-order valence-corrected chi connectivity index (χ2v) is 5.77. The van der Waals surface area contributed by atoms with Gasteiger partial charge in [-0.3, -0.25) is 24.0 Å². The molecule has 166 valence electrons. The lowest BCUT2D eigenvalue weighted by Gasteiger charge is -2.16. The Morgan fingerprint density at radius 2 is 1.28 bits per heavy atom. The van der Waals surface area contributed by atoms with E-state index in [-0.39, 0.29) is 25.8 Å². The van der Waals surface area contributed by atoms with E-state index in [0.717, 1.165) is 0 Å². The fourth-order valence-corrected chi connectivity index (χ4v) is 1.54. The third-order valence-corrected chi connectivity index (χ3v) is 3.09. The molecule has 10 N–H and O–H groups in total. The summed E-state index contributed by atoms with van der Waals surface area (Å²) in [5.41, 5.74) is 10.5. The molecular formula is C15H26N4O10. The minimum Gasteiger partial charge on any atom is -0.481 e. The zero-order valence-corrected chi connectivity index (χ0v) is 15.7. The second kappa shape index (κ2) is 14.8. The number of rotatable bonds is 12. The Balaban J connectivity index is 0. The zero-order valence-electron chi connectivity index (χ0n) is 15.7. The van der Waals surface area contributed by atoms with Crippen molar-refractivity contribution in [2.24, 2.45) is 11.5 Å². The molecule has 2 amide bonds. The van der Waals surface area contributed by atoms with Crippen LogP contribution in [0.1, 0.15) is 32.6 Å². The molecule has 0 aliphatic rings. The Kier molecular flexibility index (Phi) is 14.2. The summed E-state index contributed by atoms with van der Waals surface area (Å²) in [5.74, 6) is -6.03. The molecule has 29 heavy (non-hydrogen) atoms. The van der Waals surface area contributed by atoms with E-state index < -0.39 is 60.2 Å². The van der Waals surface area contributed by atoms with Crippen molar-refractivity contribution in [2.45, 2.75) is 50.7 Å². The predicted octanol–water partition coefficient (Wildman–Crippen LogP) is -2.85. The molecule has 0 spiro atoms. The standard InChI is InChI=1S/C10H16N2O7.C5H10N2O3/c11-5(1-3-7(13)14)9(17)12-6(10(18)19)2-4-8(15)16;1-3(6)5(10)7-2-4(8)9/h5-6H,1-4,11H2,(H,12,17)(H,13,14)(H,15,16)(H,18,19);3H,2,6H2,1H3,(H,7,10)(H,8,9)/t5-,6-;3-/m00/s1. The third-order valence-electron chi connectivity index (χ3n) is 3.09. The number of carboxylic acid groups (broad SMARTS) is 4. The van der Waals surface area contributed by atoms with Crippen LogP contribution in [0.25, 0.3) is 0 Å². The zero-order chi connectivity index (χ0) is 23.1. The van der Waals surface area contributed by atoms with Gasteiger partial charge in [-0.15, -0.1) is 0 Å². The molecule has 0 radical (unpaired) electrons. The molecular weight excluding hydrogens is 396 g/mol. The van der Waals surface area contributed by atoms with Crippen LogP contribution in [0.5, 0.6) is 0 Å². The topological polar surface area (TPSA) is 259 Å². The second-order valence-electron chi connectivity index (χ2n) is 5.77. The monoisotopic (exact) mass is 422 g/mol. The van der Waals surface area contributed by atoms with Gasteiger partial charge in [0, 0.05) is 12.8 Å². The summed E-state index contributed by atoms with van der Waals surface area (Å²) in [5, 5.41) is 37.9. The predicted molar refractivity (Wildman–Crippen MR) is 95.6 cm³/mol. The SMILES string of the molecule is C[C@H](N)C(=O)NCC(=O)O.N[C@@H](CCC(=O)O)C(=O)N[C@@H](CCC(=O)O)C(=O)O. The van der Waals surface area contributed by atoms with E-state index in [1.807, 2.05) is 0 Å². The Hall–Kier alpha value is -3.26. The Bertz CT molecular complexity index is 608. The van der Waals surface area contributed by atoms with Crippen molar-refractivity contribution in [2.75, 3.05) is 6.54 Å². The maximum Gasteiger partial charge on any atom is 0.326 e. The van der Waals surface area contributed by atoms with Crippen LogP contribution >= 0.6 is 0 Å². The van der Waals surface area contributed by atoms with Gasteiger partial charge in [0.25, 0.3) is 0 Å². The summed E-state index contributed by atoms with van der Waals surface area (Å²) in [4.78, 5) is 63.3. The highest BCUT2D eigenvalue weighted by molar-refractivity contribution is 5.87. The van der Waals surface area contributed by atoms with Gasteiger partial charge in [0.15, 0.2) is 0 Å². The molecule has 0 aliphatic carbocycles. The van der Waals surface area contributed by atoms with Crippen molar-refractivity contribution in [3.63, 3.8) is 0 Å². The van der Waals surface area contributed by atoms with Gasteiger partial charge >= 0.3 is 23.9 Å². The molecule has 14 nitrogen and oxygen atoms in total. The Morgan fingerprint density at radius 3 is 1.66 bits per heavy atom. The van der Waals surface area contributed by atoms with Gasteiger partial charge in [-0.2, -0.15) is 0 Å². The normalized spacial score (nSPS) is 12.9. The average molecular weight is 422 g/mol. The number of carbonyl (C=O) groups excluding carboxylic acids is 2. The Morgan fingerprint density at radius 1 is 0.793 bits per heavy atom. The lowest BCUT2D eigenvalue weighted by atomic mass is 10.1. The minimum atomic E-state index is -1.37. The van der Waals surface area contributed by atoms with E-state index in [4.69, 9.17) is 31.9 Å². The van der Waals surface area contributed by atoms with Crippen LogP contribution in [0.2, 0.25) is 0 Å². The van der Waals surface area contributed by atoms with Crippen molar-refractivity contribution < 1.29 is 49.2 Å². The number of carbonyl (C=O) groups is 6. The smallest absolute Gasteiger partial charge is 0.326 e. The maximum atomic E-state index is 11.5. The number of hydrogen-bond acceptors (Lipinski definition) is 8. The molecule has 0 saturated heterocycles. The van der Waals surface area contributed by atoms with Gasteiger partial charge in [0.05, 0.1) is 12.1 Å². The highest BCUT2D eigenvalue weighted by atomic mass is 16.4. The van der Waals surface area contributed by atoms with Crippen LogP contribution < -0.4 is 22.1 Å². The molecule has 0 fully saturated rings. The first-order valence-electron chi connectivity index (χ1n) is 8.25. The summed E-state index contributed by atoms with van der Waals surface area (Å²) in [6.45, 7) is 1.11. The fraction of sp³-hybridized carbons (Fsp3) is 0.600. The first-order chi connectivity index (χ1) is 13.3. The quantitative estimate of drug-likeness (QED) is 0.158. The molecule has 0 aromatic rings. The van der Waals surface area contributed by atoms with Gasteiger partial charge < -0.3 is 42.5 Å². The first-order valence-corrected chi connectivity index (χ1v) is 8.25. The van der Waals surface area contributed by atoms with Gasteiger partial charge in [0.2, 0.25) is 11.8 Å². The largest absolute Gasteiger partial charge is 0.481 e. The van der Waals surface area contributed by atoms with Gasteiger partial charge in [-0.1, -0.05) is 0 Å². The Labute approximate surface area is 165 Å². The summed E-state index contributed by atoms with van der Waals surface area (Å²) < 4.78 is 0. The highest BCUT2D eigenvalue weighted by Gasteiger charge is 2.24.